The van der Waals surface area contributed by atoms with Gasteiger partial charge >= 0.3 is 0 Å². The second-order valence-corrected chi connectivity index (χ2v) is 6.67. The van der Waals surface area contributed by atoms with Gasteiger partial charge in [0.25, 0.3) is 5.91 Å². The number of amides is 1. The standard InChI is InChI=1S/C17H24N6O.ClH/c24-17(14-6-11-23(21-14)13-4-3-7-18-12-13)22-10-2-1-5-15(22)16-19-8-9-20-16;/h6,8-9,11,13,15,18H,1-5,7,10,12H2,(H,19,20);1H. The summed E-state index contributed by atoms with van der Waals surface area (Å²) in [5.41, 5.74) is 0.541. The highest BCUT2D eigenvalue weighted by Crippen LogP contribution is 2.30. The van der Waals surface area contributed by atoms with Crippen LogP contribution in [0.25, 0.3) is 0 Å². The number of imidazole rings is 1. The summed E-state index contributed by atoms with van der Waals surface area (Å²) in [7, 11) is 0. The minimum absolute atomic E-state index is 0. The largest absolute Gasteiger partial charge is 0.347 e. The van der Waals surface area contributed by atoms with Crippen LogP contribution in [0.3, 0.4) is 0 Å². The molecule has 136 valence electrons. The molecule has 0 spiro atoms. The van der Waals surface area contributed by atoms with Crippen molar-refractivity contribution in [1.82, 2.24) is 30.0 Å². The first-order chi connectivity index (χ1) is 11.8. The Morgan fingerprint density at radius 3 is 2.92 bits per heavy atom. The highest BCUT2D eigenvalue weighted by atomic mass is 35.5. The number of carbonyl (C=O) groups is 1. The molecule has 2 aromatic heterocycles. The summed E-state index contributed by atoms with van der Waals surface area (Å²) >= 11 is 0. The second-order valence-electron chi connectivity index (χ2n) is 6.67. The summed E-state index contributed by atoms with van der Waals surface area (Å²) < 4.78 is 1.95. The molecule has 2 aromatic rings. The first kappa shape index (κ1) is 17.9. The van der Waals surface area contributed by atoms with Crippen molar-refractivity contribution in [2.24, 2.45) is 0 Å². The molecule has 2 aliphatic rings. The van der Waals surface area contributed by atoms with Crippen LogP contribution in [0, 0.1) is 0 Å². The molecular formula is C17H25ClN6O. The first-order valence-electron chi connectivity index (χ1n) is 8.89. The fourth-order valence-electron chi connectivity index (χ4n) is 3.78. The number of carbonyl (C=O) groups excluding carboxylic acids is 1. The second kappa shape index (κ2) is 8.01. The lowest BCUT2D eigenvalue weighted by molar-refractivity contribution is 0.0593. The maximum atomic E-state index is 13.0. The van der Waals surface area contributed by atoms with Gasteiger partial charge in [0, 0.05) is 31.7 Å². The summed E-state index contributed by atoms with van der Waals surface area (Å²) in [4.78, 5) is 22.4. The minimum atomic E-state index is 0. The summed E-state index contributed by atoms with van der Waals surface area (Å²) in [6.45, 7) is 2.76. The van der Waals surface area contributed by atoms with Gasteiger partial charge in [0.15, 0.2) is 0 Å². The van der Waals surface area contributed by atoms with Gasteiger partial charge in [-0.05, 0) is 44.7 Å². The number of H-pyrrole nitrogens is 1. The lowest BCUT2D eigenvalue weighted by Crippen LogP contribution is -2.39. The van der Waals surface area contributed by atoms with Gasteiger partial charge in [0.1, 0.15) is 11.5 Å². The third kappa shape index (κ3) is 3.72. The van der Waals surface area contributed by atoms with E-state index in [0.717, 1.165) is 57.6 Å². The van der Waals surface area contributed by atoms with Crippen molar-refractivity contribution in [3.05, 3.63) is 36.2 Å². The number of likely N-dealkylation sites (tertiary alicyclic amines) is 1. The van der Waals surface area contributed by atoms with Gasteiger partial charge in [-0.25, -0.2) is 4.98 Å². The number of aromatic nitrogens is 4. The molecule has 2 aliphatic heterocycles. The normalized spacial score (nSPS) is 23.9. The Balaban J connectivity index is 0.00000182. The zero-order valence-electron chi connectivity index (χ0n) is 14.2. The minimum Gasteiger partial charge on any atom is -0.347 e. The van der Waals surface area contributed by atoms with Crippen molar-refractivity contribution in [3.8, 4) is 0 Å². The van der Waals surface area contributed by atoms with E-state index in [0.29, 0.717) is 11.7 Å². The van der Waals surface area contributed by atoms with Gasteiger partial charge in [-0.15, -0.1) is 12.4 Å². The summed E-state index contributed by atoms with van der Waals surface area (Å²) in [6.07, 6.45) is 10.9. The Kier molecular flexibility index (Phi) is 5.75. The van der Waals surface area contributed by atoms with Gasteiger partial charge in [0.05, 0.1) is 12.1 Å². The molecule has 1 amide bonds. The molecule has 2 saturated heterocycles. The van der Waals surface area contributed by atoms with E-state index < -0.39 is 0 Å². The Morgan fingerprint density at radius 2 is 2.16 bits per heavy atom. The average molecular weight is 365 g/mol. The lowest BCUT2D eigenvalue weighted by Gasteiger charge is -2.34. The Morgan fingerprint density at radius 1 is 1.24 bits per heavy atom. The number of rotatable bonds is 3. The maximum Gasteiger partial charge on any atom is 0.274 e. The van der Waals surface area contributed by atoms with Crippen molar-refractivity contribution >= 4 is 18.3 Å². The highest BCUT2D eigenvalue weighted by Gasteiger charge is 2.31. The van der Waals surface area contributed by atoms with Crippen LogP contribution in [-0.2, 0) is 0 Å². The van der Waals surface area contributed by atoms with E-state index in [1.807, 2.05) is 28.0 Å². The average Bonchev–Trinajstić information content (AvgIpc) is 3.34. The number of halogens is 1. The first-order valence-corrected chi connectivity index (χ1v) is 8.89. The summed E-state index contributed by atoms with van der Waals surface area (Å²) in [5, 5.41) is 7.97. The number of aromatic amines is 1. The van der Waals surface area contributed by atoms with Gasteiger partial charge in [-0.1, -0.05) is 0 Å². The molecule has 2 N–H and O–H groups in total. The molecule has 0 bridgehead atoms. The van der Waals surface area contributed by atoms with Crippen LogP contribution in [0.5, 0.6) is 0 Å². The third-order valence-electron chi connectivity index (χ3n) is 5.07. The van der Waals surface area contributed by atoms with E-state index in [4.69, 9.17) is 0 Å². The van der Waals surface area contributed by atoms with E-state index in [-0.39, 0.29) is 24.4 Å². The predicted octanol–water partition coefficient (Wildman–Crippen LogP) is 2.32. The smallest absolute Gasteiger partial charge is 0.274 e. The van der Waals surface area contributed by atoms with Crippen molar-refractivity contribution in [1.29, 1.82) is 0 Å². The van der Waals surface area contributed by atoms with Crippen LogP contribution in [0.2, 0.25) is 0 Å². The monoisotopic (exact) mass is 364 g/mol. The summed E-state index contributed by atoms with van der Waals surface area (Å²) in [5.74, 6) is 0.887. The SMILES string of the molecule is Cl.O=C(c1ccn(C2CCCNC2)n1)N1CCCCC1c1ncc[nH]1. The Bertz CT molecular complexity index is 679. The number of nitrogens with one attached hydrogen (secondary N) is 2. The fourth-order valence-corrected chi connectivity index (χ4v) is 3.78. The molecule has 4 heterocycles. The van der Waals surface area contributed by atoms with Crippen LogP contribution in [0.4, 0.5) is 0 Å². The van der Waals surface area contributed by atoms with E-state index in [1.165, 1.54) is 0 Å². The Labute approximate surface area is 153 Å². The number of hydrogen-bond donors (Lipinski definition) is 2. The van der Waals surface area contributed by atoms with Crippen LogP contribution in [0.15, 0.2) is 24.7 Å². The molecule has 8 heteroatoms. The van der Waals surface area contributed by atoms with Crippen LogP contribution >= 0.6 is 12.4 Å². The summed E-state index contributed by atoms with van der Waals surface area (Å²) in [6, 6.07) is 2.23. The van der Waals surface area contributed by atoms with Crippen LogP contribution < -0.4 is 5.32 Å². The number of piperidine rings is 2. The van der Waals surface area contributed by atoms with Crippen molar-refractivity contribution in [3.63, 3.8) is 0 Å². The van der Waals surface area contributed by atoms with Crippen molar-refractivity contribution in [2.75, 3.05) is 19.6 Å². The quantitative estimate of drug-likeness (QED) is 0.876. The molecule has 0 radical (unpaired) electrons. The molecule has 7 nitrogen and oxygen atoms in total. The van der Waals surface area contributed by atoms with E-state index in [9.17, 15) is 4.79 Å². The molecule has 4 rings (SSSR count). The number of nitrogens with zero attached hydrogens (tertiary/aromatic N) is 4. The molecule has 2 atom stereocenters. The highest BCUT2D eigenvalue weighted by molar-refractivity contribution is 5.92. The molecular weight excluding hydrogens is 340 g/mol. The molecule has 0 aliphatic carbocycles. The van der Waals surface area contributed by atoms with Gasteiger partial charge in [-0.3, -0.25) is 9.48 Å². The maximum absolute atomic E-state index is 13.0. The van der Waals surface area contributed by atoms with Crippen LogP contribution in [0.1, 0.15) is 60.5 Å². The zero-order valence-corrected chi connectivity index (χ0v) is 15.0. The van der Waals surface area contributed by atoms with Gasteiger partial charge in [0.2, 0.25) is 0 Å². The number of hydrogen-bond acceptors (Lipinski definition) is 4. The van der Waals surface area contributed by atoms with Crippen LogP contribution in [-0.4, -0.2) is 50.2 Å². The molecule has 2 fully saturated rings. The molecule has 0 aromatic carbocycles. The molecule has 25 heavy (non-hydrogen) atoms. The Hall–Kier alpha value is -1.86. The fraction of sp³-hybridized carbons (Fsp3) is 0.588. The van der Waals surface area contributed by atoms with Gasteiger partial charge in [-0.2, -0.15) is 5.10 Å². The predicted molar refractivity (Wildman–Crippen MR) is 96.8 cm³/mol. The van der Waals surface area contributed by atoms with E-state index in [1.54, 1.807) is 6.20 Å². The molecule has 2 unspecified atom stereocenters. The molecule has 0 saturated carbocycles. The van der Waals surface area contributed by atoms with Crippen molar-refractivity contribution < 1.29 is 4.79 Å². The van der Waals surface area contributed by atoms with Crippen molar-refractivity contribution in [2.45, 2.75) is 44.2 Å². The van der Waals surface area contributed by atoms with E-state index in [2.05, 4.69) is 20.4 Å². The third-order valence-corrected chi connectivity index (χ3v) is 5.07. The topological polar surface area (TPSA) is 78.8 Å². The van der Waals surface area contributed by atoms with E-state index >= 15 is 0 Å². The lowest BCUT2D eigenvalue weighted by atomic mass is 10.0. The zero-order chi connectivity index (χ0) is 16.4. The van der Waals surface area contributed by atoms with Gasteiger partial charge < -0.3 is 15.2 Å².